The molecule has 1 unspecified atom stereocenters. The Labute approximate surface area is 235 Å². The summed E-state index contributed by atoms with van der Waals surface area (Å²) in [5, 5.41) is 2.45. The fraction of sp³-hybridized carbons (Fsp3) is 0.379. The van der Waals surface area contributed by atoms with Gasteiger partial charge in [0.05, 0.1) is 14.2 Å². The van der Waals surface area contributed by atoms with Gasteiger partial charge in [-0.25, -0.2) is 0 Å². The van der Waals surface area contributed by atoms with Crippen molar-refractivity contribution in [3.05, 3.63) is 81.8 Å². The molecule has 0 saturated heterocycles. The topological polar surface area (TPSA) is 18.5 Å². The number of ether oxygens (including phenoxy) is 2. The van der Waals surface area contributed by atoms with Crippen LogP contribution in [0.5, 0.6) is 11.5 Å². The minimum Gasteiger partial charge on any atom is -1.00 e. The predicted octanol–water partition coefficient (Wildman–Crippen LogP) is -0.691. The molecule has 5 heteroatoms. The Morgan fingerprint density at radius 2 is 1.41 bits per heavy atom. The van der Waals surface area contributed by atoms with Crippen LogP contribution in [0.3, 0.4) is 0 Å². The fourth-order valence-corrected chi connectivity index (χ4v) is 4.62. The predicted molar refractivity (Wildman–Crippen MR) is 129 cm³/mol. The van der Waals surface area contributed by atoms with Gasteiger partial charge in [0, 0.05) is 37.3 Å². The summed E-state index contributed by atoms with van der Waals surface area (Å²) < 4.78 is 11.2. The van der Waals surface area contributed by atoms with Gasteiger partial charge in [0.25, 0.3) is 0 Å². The van der Waals surface area contributed by atoms with Crippen LogP contribution in [0.15, 0.2) is 60.2 Å². The molecule has 0 bridgehead atoms. The van der Waals surface area contributed by atoms with E-state index in [1.807, 2.05) is 6.07 Å². The number of rotatable bonds is 3. The van der Waals surface area contributed by atoms with Crippen molar-refractivity contribution in [3.8, 4) is 11.5 Å². The van der Waals surface area contributed by atoms with Gasteiger partial charge in [-0.1, -0.05) is 71.4 Å². The molecule has 4 rings (SSSR count). The Bertz CT molecular complexity index is 1210. The maximum absolute atomic E-state index is 5.58. The van der Waals surface area contributed by atoms with Crippen LogP contribution in [0, 0.1) is 5.41 Å². The maximum atomic E-state index is 5.58. The number of fused-ring (bicyclic) bond motifs is 2. The average Bonchev–Trinajstić information content (AvgIpc) is 3.08. The van der Waals surface area contributed by atoms with Gasteiger partial charge < -0.3 is 34.3 Å². The van der Waals surface area contributed by atoms with Crippen molar-refractivity contribution in [1.29, 1.82) is 0 Å². The second kappa shape index (κ2) is 10.8. The molecule has 0 amide bonds. The zero-order valence-corrected chi connectivity index (χ0v) is 26.4. The molecule has 0 aromatic heterocycles. The van der Waals surface area contributed by atoms with E-state index < -0.39 is 0 Å². The molecule has 2 aliphatic carbocycles. The zero-order valence-electron chi connectivity index (χ0n) is 21.3. The first-order valence-corrected chi connectivity index (χ1v) is 10.9. The number of hydrogen-bond acceptors (Lipinski definition) is 2. The van der Waals surface area contributed by atoms with Crippen molar-refractivity contribution in [2.75, 3.05) is 14.2 Å². The van der Waals surface area contributed by atoms with Gasteiger partial charge >= 0.3 is 0 Å². The summed E-state index contributed by atoms with van der Waals surface area (Å²) in [5.41, 5.74) is 4.66. The van der Waals surface area contributed by atoms with Crippen LogP contribution in [-0.2, 0) is 36.7 Å². The molecule has 0 fully saturated rings. The molecule has 2 nitrogen and oxygen atoms in total. The van der Waals surface area contributed by atoms with Crippen molar-refractivity contribution in [2.45, 2.75) is 52.4 Å². The second-order valence-electron chi connectivity index (χ2n) is 10.7. The quantitative estimate of drug-likeness (QED) is 0.321. The molecule has 0 heterocycles. The van der Waals surface area contributed by atoms with Gasteiger partial charge in [-0.3, -0.25) is 0 Å². The van der Waals surface area contributed by atoms with Crippen LogP contribution >= 0.6 is 0 Å². The van der Waals surface area contributed by atoms with Gasteiger partial charge in [-0.15, -0.1) is 39.8 Å². The van der Waals surface area contributed by atoms with E-state index in [-0.39, 0.29) is 66.9 Å². The molecular formula is C29H33Cl2HfO2-3. The second-order valence-corrected chi connectivity index (χ2v) is 10.7. The smallest absolute Gasteiger partial charge is 0.122 e. The van der Waals surface area contributed by atoms with Crippen LogP contribution in [0.2, 0.25) is 0 Å². The van der Waals surface area contributed by atoms with E-state index in [1.165, 1.54) is 27.1 Å². The SMILES string of the molecule is COc1cc(OC)cc(C2(C(C)(C)C)C=CC3=c4ccc(C(C)(C)C)cc4=[C-]C3=C2)c1.[Cl-].[Cl-].[Hf]. The Morgan fingerprint density at radius 1 is 0.824 bits per heavy atom. The molecular weight excluding hydrogens is 630 g/mol. The van der Waals surface area contributed by atoms with Crippen molar-refractivity contribution < 1.29 is 60.1 Å². The number of halogens is 2. The monoisotopic (exact) mass is 663 g/mol. The largest absolute Gasteiger partial charge is 1.00 e. The number of methoxy groups -OCH3 is 2. The maximum Gasteiger partial charge on any atom is 0.122 e. The minimum absolute atomic E-state index is 0. The van der Waals surface area contributed by atoms with Gasteiger partial charge in [0.1, 0.15) is 11.5 Å². The summed E-state index contributed by atoms with van der Waals surface area (Å²) >= 11 is 0. The zero-order chi connectivity index (χ0) is 22.6. The molecule has 2 aliphatic rings. The van der Waals surface area contributed by atoms with E-state index >= 15 is 0 Å². The van der Waals surface area contributed by atoms with Crippen LogP contribution in [0.1, 0.15) is 52.7 Å². The summed E-state index contributed by atoms with van der Waals surface area (Å²) in [6.45, 7) is 13.6. The van der Waals surface area contributed by atoms with Crippen molar-refractivity contribution in [3.63, 3.8) is 0 Å². The number of allylic oxidation sites excluding steroid dienone is 4. The third kappa shape index (κ3) is 5.27. The van der Waals surface area contributed by atoms with Crippen LogP contribution in [0.25, 0.3) is 11.6 Å². The van der Waals surface area contributed by atoms with Crippen LogP contribution < -0.4 is 44.7 Å². The van der Waals surface area contributed by atoms with Gasteiger partial charge in [-0.05, 0) is 28.5 Å². The molecule has 0 radical (unpaired) electrons. The molecule has 0 aliphatic heterocycles. The molecule has 0 spiro atoms. The van der Waals surface area contributed by atoms with Gasteiger partial charge in [-0.2, -0.15) is 0 Å². The van der Waals surface area contributed by atoms with Crippen LogP contribution in [0.4, 0.5) is 0 Å². The number of benzene rings is 2. The van der Waals surface area contributed by atoms with E-state index in [1.54, 1.807) is 14.2 Å². The summed E-state index contributed by atoms with van der Waals surface area (Å²) in [5.74, 6) is 1.61. The first kappa shape index (κ1) is 30.7. The molecule has 0 N–H and O–H groups in total. The summed E-state index contributed by atoms with van der Waals surface area (Å²) in [6.07, 6.45) is 10.7. The Kier molecular flexibility index (Phi) is 9.73. The van der Waals surface area contributed by atoms with E-state index in [4.69, 9.17) is 9.47 Å². The third-order valence-electron chi connectivity index (χ3n) is 6.69. The number of hydrogen-bond donors (Lipinski definition) is 0. The van der Waals surface area contributed by atoms with Crippen LogP contribution in [-0.4, -0.2) is 14.2 Å². The fourth-order valence-electron chi connectivity index (χ4n) is 4.62. The Hall–Kier alpha value is -1.29. The Morgan fingerprint density at radius 3 is 1.91 bits per heavy atom. The minimum atomic E-state index is -0.310. The average molecular weight is 663 g/mol. The molecule has 1 atom stereocenters. The third-order valence-corrected chi connectivity index (χ3v) is 6.69. The normalized spacial score (nSPS) is 18.2. The van der Waals surface area contributed by atoms with Gasteiger partial charge in [0.15, 0.2) is 0 Å². The molecule has 34 heavy (non-hydrogen) atoms. The van der Waals surface area contributed by atoms with Crippen molar-refractivity contribution in [2.24, 2.45) is 5.41 Å². The summed E-state index contributed by atoms with van der Waals surface area (Å²) in [4.78, 5) is 0. The first-order valence-electron chi connectivity index (χ1n) is 10.9. The van der Waals surface area contributed by atoms with Crippen molar-refractivity contribution in [1.82, 2.24) is 0 Å². The standard InChI is InChI=1S/C29H33O2.2ClH.Hf/c1-27(2,3)21-9-10-25-19(14-21)13-20-18-29(28(4,5)6,12-11-26(20)25)22-15-23(30-7)17-24(16-22)31-8;;;/h9-12,14-18H,1-8H3;2*1H;/q-1;;;/p-2. The van der Waals surface area contributed by atoms with E-state index in [0.717, 1.165) is 17.1 Å². The van der Waals surface area contributed by atoms with E-state index in [2.05, 4.69) is 96.2 Å². The molecule has 2 aromatic rings. The molecule has 182 valence electrons. The Balaban J connectivity index is 0.00000193. The van der Waals surface area contributed by atoms with E-state index in [9.17, 15) is 0 Å². The summed E-state index contributed by atoms with van der Waals surface area (Å²) in [7, 11) is 3.40. The molecule has 2 aromatic carbocycles. The molecule has 0 saturated carbocycles. The van der Waals surface area contributed by atoms with E-state index in [0.29, 0.717) is 0 Å². The van der Waals surface area contributed by atoms with Gasteiger partial charge in [0.2, 0.25) is 0 Å². The van der Waals surface area contributed by atoms with Crippen molar-refractivity contribution >= 4 is 11.6 Å². The first-order chi connectivity index (χ1) is 14.5. The summed E-state index contributed by atoms with van der Waals surface area (Å²) in [6, 6.07) is 13.0.